The van der Waals surface area contributed by atoms with Crippen LogP contribution in [0.15, 0.2) is 47.6 Å². The van der Waals surface area contributed by atoms with Crippen LogP contribution in [0.4, 0.5) is 0 Å². The number of nitrogens with one attached hydrogen (secondary N) is 1. The van der Waals surface area contributed by atoms with Gasteiger partial charge < -0.3 is 19.5 Å². The van der Waals surface area contributed by atoms with Gasteiger partial charge in [-0.3, -0.25) is 9.89 Å². The molecule has 1 aliphatic heterocycles. The molecule has 1 unspecified atom stereocenters. The van der Waals surface area contributed by atoms with Gasteiger partial charge in [-0.25, -0.2) is 0 Å². The summed E-state index contributed by atoms with van der Waals surface area (Å²) in [7, 11) is 4.15. The van der Waals surface area contributed by atoms with Gasteiger partial charge in [0.05, 0.1) is 32.3 Å². The molecule has 1 atom stereocenters. The fraction of sp³-hybridized carbons (Fsp3) is 0.500. The van der Waals surface area contributed by atoms with Gasteiger partial charge >= 0.3 is 0 Å². The Labute approximate surface area is 179 Å². The quantitative estimate of drug-likeness (QED) is 0.555. The Morgan fingerprint density at radius 3 is 2.72 bits per heavy atom. The van der Waals surface area contributed by atoms with Crippen molar-refractivity contribution in [3.63, 3.8) is 0 Å². The van der Waals surface area contributed by atoms with Gasteiger partial charge in [0.15, 0.2) is 5.96 Å². The lowest BCUT2D eigenvalue weighted by Crippen LogP contribution is -2.42. The molecule has 1 fully saturated rings. The monoisotopic (exact) mass is 417 g/mol. The number of nitrogens with zero attached hydrogens (tertiary/aromatic N) is 4. The molecule has 0 spiro atoms. The number of aromatic nitrogens is 1. The maximum absolute atomic E-state index is 6.28. The Hall–Kier alpha value is -2.02. The molecule has 0 bridgehead atoms. The standard InChI is InChI=1S/C22H32ClN5O/c1-4-24-22(27(3)17-20-9-6-10-26(20)2)25-16-21(28-11-13-29-14-12-28)18-7-5-8-19(23)15-18/h5-10,15,21H,4,11-14,16-17H2,1-3H3,(H,24,25). The molecule has 1 aromatic heterocycles. The number of ether oxygens (including phenoxy) is 1. The fourth-order valence-corrected chi connectivity index (χ4v) is 3.85. The predicted molar refractivity (Wildman–Crippen MR) is 119 cm³/mol. The van der Waals surface area contributed by atoms with E-state index in [1.807, 2.05) is 12.1 Å². The molecule has 1 saturated heterocycles. The summed E-state index contributed by atoms with van der Waals surface area (Å²) >= 11 is 6.28. The Balaban J connectivity index is 1.79. The Kier molecular flexibility index (Phi) is 7.98. The number of halogens is 1. The highest BCUT2D eigenvalue weighted by Gasteiger charge is 2.23. The molecule has 0 radical (unpaired) electrons. The molecule has 7 heteroatoms. The van der Waals surface area contributed by atoms with E-state index in [0.717, 1.165) is 50.4 Å². The van der Waals surface area contributed by atoms with Crippen molar-refractivity contribution in [2.24, 2.45) is 12.0 Å². The summed E-state index contributed by atoms with van der Waals surface area (Å²) in [6.07, 6.45) is 2.07. The summed E-state index contributed by atoms with van der Waals surface area (Å²) in [5.74, 6) is 0.911. The number of hydrogen-bond donors (Lipinski definition) is 1. The van der Waals surface area contributed by atoms with E-state index in [1.54, 1.807) is 0 Å². The minimum atomic E-state index is 0.176. The van der Waals surface area contributed by atoms with Gasteiger partial charge in [-0.2, -0.15) is 0 Å². The topological polar surface area (TPSA) is 45.0 Å². The minimum Gasteiger partial charge on any atom is -0.379 e. The van der Waals surface area contributed by atoms with E-state index >= 15 is 0 Å². The highest BCUT2D eigenvalue weighted by atomic mass is 35.5. The second kappa shape index (κ2) is 10.7. The van der Waals surface area contributed by atoms with E-state index in [4.69, 9.17) is 21.3 Å². The summed E-state index contributed by atoms with van der Waals surface area (Å²) in [4.78, 5) is 9.62. The molecule has 158 valence electrons. The largest absolute Gasteiger partial charge is 0.379 e. The van der Waals surface area contributed by atoms with Crippen molar-refractivity contribution in [2.45, 2.75) is 19.5 Å². The maximum Gasteiger partial charge on any atom is 0.194 e. The van der Waals surface area contributed by atoms with Crippen molar-refractivity contribution in [2.75, 3.05) is 46.4 Å². The van der Waals surface area contributed by atoms with E-state index in [0.29, 0.717) is 6.54 Å². The van der Waals surface area contributed by atoms with E-state index in [2.05, 4.69) is 71.2 Å². The first-order valence-corrected chi connectivity index (χ1v) is 10.6. The molecule has 29 heavy (non-hydrogen) atoms. The van der Waals surface area contributed by atoms with Crippen LogP contribution in [0.3, 0.4) is 0 Å². The van der Waals surface area contributed by atoms with Crippen molar-refractivity contribution in [3.8, 4) is 0 Å². The highest BCUT2D eigenvalue weighted by Crippen LogP contribution is 2.25. The van der Waals surface area contributed by atoms with E-state index < -0.39 is 0 Å². The molecule has 1 N–H and O–H groups in total. The van der Waals surface area contributed by atoms with Crippen LogP contribution in [-0.2, 0) is 18.3 Å². The van der Waals surface area contributed by atoms with Gasteiger partial charge in [0.25, 0.3) is 0 Å². The van der Waals surface area contributed by atoms with Gasteiger partial charge in [-0.05, 0) is 36.8 Å². The second-order valence-corrected chi connectivity index (χ2v) is 7.82. The zero-order valence-electron chi connectivity index (χ0n) is 17.6. The highest BCUT2D eigenvalue weighted by molar-refractivity contribution is 6.30. The average Bonchev–Trinajstić information content (AvgIpc) is 3.12. The van der Waals surface area contributed by atoms with Crippen molar-refractivity contribution >= 4 is 17.6 Å². The van der Waals surface area contributed by atoms with E-state index in [-0.39, 0.29) is 6.04 Å². The third-order valence-electron chi connectivity index (χ3n) is 5.28. The summed E-state index contributed by atoms with van der Waals surface area (Å²) < 4.78 is 7.70. The number of aryl methyl sites for hydroxylation is 1. The van der Waals surface area contributed by atoms with E-state index in [1.165, 1.54) is 11.3 Å². The molecule has 3 rings (SSSR count). The Bertz CT molecular complexity index is 800. The van der Waals surface area contributed by atoms with Crippen LogP contribution >= 0.6 is 11.6 Å². The lowest BCUT2D eigenvalue weighted by atomic mass is 10.0. The SMILES string of the molecule is CCNC(=NCC(c1cccc(Cl)c1)N1CCOCC1)N(C)Cc1cccn1C. The van der Waals surface area contributed by atoms with Crippen LogP contribution in [0.2, 0.25) is 5.02 Å². The lowest BCUT2D eigenvalue weighted by Gasteiger charge is -2.34. The first-order valence-electron chi connectivity index (χ1n) is 10.3. The molecule has 0 saturated carbocycles. The lowest BCUT2D eigenvalue weighted by molar-refractivity contribution is 0.0179. The van der Waals surface area contributed by atoms with Crippen LogP contribution in [0.5, 0.6) is 0 Å². The van der Waals surface area contributed by atoms with Gasteiger partial charge in [0.1, 0.15) is 0 Å². The number of guanidine groups is 1. The number of aliphatic imine (C=N–C) groups is 1. The maximum atomic E-state index is 6.28. The molecule has 0 amide bonds. The molecular weight excluding hydrogens is 386 g/mol. The molecule has 2 aromatic rings. The first-order chi connectivity index (χ1) is 14.1. The smallest absolute Gasteiger partial charge is 0.194 e. The molecule has 1 aromatic carbocycles. The van der Waals surface area contributed by atoms with Crippen LogP contribution in [0, 0.1) is 0 Å². The zero-order chi connectivity index (χ0) is 20.6. The van der Waals surface area contributed by atoms with Crippen molar-refractivity contribution in [1.82, 2.24) is 19.7 Å². The first kappa shape index (κ1) is 21.7. The normalized spacial score (nSPS) is 16.6. The van der Waals surface area contributed by atoms with E-state index in [9.17, 15) is 0 Å². The summed E-state index contributed by atoms with van der Waals surface area (Å²) in [6.45, 7) is 7.72. The van der Waals surface area contributed by atoms with Gasteiger partial charge in [0, 0.05) is 50.6 Å². The van der Waals surface area contributed by atoms with Crippen molar-refractivity contribution in [3.05, 3.63) is 58.9 Å². The average molecular weight is 418 g/mol. The fourth-order valence-electron chi connectivity index (χ4n) is 3.66. The summed E-state index contributed by atoms with van der Waals surface area (Å²) in [5.41, 5.74) is 2.45. The van der Waals surface area contributed by atoms with Crippen molar-refractivity contribution in [1.29, 1.82) is 0 Å². The van der Waals surface area contributed by atoms with Crippen LogP contribution in [-0.4, -0.2) is 66.8 Å². The van der Waals surface area contributed by atoms with Crippen LogP contribution < -0.4 is 5.32 Å². The molecule has 6 nitrogen and oxygen atoms in total. The second-order valence-electron chi connectivity index (χ2n) is 7.38. The Morgan fingerprint density at radius 1 is 1.28 bits per heavy atom. The summed E-state index contributed by atoms with van der Waals surface area (Å²) in [5, 5.41) is 4.19. The van der Waals surface area contributed by atoms with Gasteiger partial charge in [0.2, 0.25) is 0 Å². The zero-order valence-corrected chi connectivity index (χ0v) is 18.4. The molecule has 0 aliphatic carbocycles. The van der Waals surface area contributed by atoms with Crippen LogP contribution in [0.25, 0.3) is 0 Å². The van der Waals surface area contributed by atoms with Crippen molar-refractivity contribution < 1.29 is 4.74 Å². The molecular formula is C22H32ClN5O. The molecule has 2 heterocycles. The summed E-state index contributed by atoms with van der Waals surface area (Å²) in [6, 6.07) is 12.5. The third kappa shape index (κ3) is 5.98. The number of benzene rings is 1. The third-order valence-corrected chi connectivity index (χ3v) is 5.52. The number of hydrogen-bond acceptors (Lipinski definition) is 3. The van der Waals surface area contributed by atoms with Crippen LogP contribution in [0.1, 0.15) is 24.2 Å². The Morgan fingerprint density at radius 2 is 2.07 bits per heavy atom. The van der Waals surface area contributed by atoms with Gasteiger partial charge in [-0.1, -0.05) is 23.7 Å². The number of morpholine rings is 1. The molecule has 1 aliphatic rings. The predicted octanol–water partition coefficient (Wildman–Crippen LogP) is 3.15. The minimum absolute atomic E-state index is 0.176. The van der Waals surface area contributed by atoms with Gasteiger partial charge in [-0.15, -0.1) is 0 Å². The number of rotatable bonds is 7.